The number of piperidine rings is 1. The van der Waals surface area contributed by atoms with Crippen molar-refractivity contribution in [2.45, 2.75) is 25.7 Å². The van der Waals surface area contributed by atoms with E-state index in [0.29, 0.717) is 12.3 Å². The third-order valence-corrected chi connectivity index (χ3v) is 2.46. The van der Waals surface area contributed by atoms with Crippen molar-refractivity contribution in [3.05, 3.63) is 6.42 Å². The summed E-state index contributed by atoms with van der Waals surface area (Å²) in [7, 11) is 1.44. The molecule has 3 heteroatoms. The fraction of sp³-hybridized carbons (Fsp3) is 0.800. The quantitative estimate of drug-likeness (QED) is 0.666. The van der Waals surface area contributed by atoms with Gasteiger partial charge >= 0.3 is 5.97 Å². The smallest absolute Gasteiger partial charge is 0.305 e. The normalized spacial score (nSPS) is 18.5. The van der Waals surface area contributed by atoms with Crippen molar-refractivity contribution in [3.63, 3.8) is 0 Å². The summed E-state index contributed by atoms with van der Waals surface area (Å²) in [4.78, 5) is 10.8. The summed E-state index contributed by atoms with van der Waals surface area (Å²) >= 11 is 0. The molecule has 1 saturated heterocycles. The van der Waals surface area contributed by atoms with E-state index in [-0.39, 0.29) is 5.97 Å². The summed E-state index contributed by atoms with van der Waals surface area (Å²) < 4.78 is 4.57. The molecule has 1 rings (SSSR count). The Morgan fingerprint density at radius 1 is 1.54 bits per heavy atom. The van der Waals surface area contributed by atoms with Crippen LogP contribution in [0.4, 0.5) is 0 Å². The highest BCUT2D eigenvalue weighted by atomic mass is 16.5. The molecule has 0 spiro atoms. The van der Waals surface area contributed by atoms with Crippen LogP contribution in [0, 0.1) is 12.3 Å². The van der Waals surface area contributed by atoms with Crippen LogP contribution in [0.15, 0.2) is 0 Å². The number of nitrogens with one attached hydrogen (secondary N) is 1. The molecule has 75 valence electrons. The van der Waals surface area contributed by atoms with Crippen LogP contribution >= 0.6 is 0 Å². The van der Waals surface area contributed by atoms with E-state index in [0.717, 1.165) is 19.5 Å². The van der Waals surface area contributed by atoms with Gasteiger partial charge in [-0.1, -0.05) is 0 Å². The molecule has 13 heavy (non-hydrogen) atoms. The van der Waals surface area contributed by atoms with E-state index in [2.05, 4.69) is 16.5 Å². The predicted octanol–water partition coefficient (Wildman–Crippen LogP) is 1.14. The van der Waals surface area contributed by atoms with Gasteiger partial charge in [-0.05, 0) is 44.7 Å². The second-order valence-corrected chi connectivity index (χ2v) is 3.44. The molecule has 0 aliphatic carbocycles. The Balaban J connectivity index is 2.01. The van der Waals surface area contributed by atoms with Crippen LogP contribution in [0.2, 0.25) is 0 Å². The summed E-state index contributed by atoms with van der Waals surface area (Å²) in [5.41, 5.74) is 0. The lowest BCUT2D eigenvalue weighted by atomic mass is 9.92. The lowest BCUT2D eigenvalue weighted by Crippen LogP contribution is -2.27. The average Bonchev–Trinajstić information content (AvgIpc) is 2.19. The molecule has 0 unspecified atom stereocenters. The maximum absolute atomic E-state index is 10.8. The monoisotopic (exact) mass is 184 g/mol. The molecule has 1 N–H and O–H groups in total. The molecule has 0 aromatic heterocycles. The SMILES string of the molecule is COC(=O)CC[CH]C1CCNCC1. The lowest BCUT2D eigenvalue weighted by Gasteiger charge is -2.21. The molecular formula is C10H18NO2. The van der Waals surface area contributed by atoms with Gasteiger partial charge in [-0.15, -0.1) is 0 Å². The maximum atomic E-state index is 10.8. The Kier molecular flexibility index (Phi) is 4.83. The Morgan fingerprint density at radius 2 is 2.23 bits per heavy atom. The van der Waals surface area contributed by atoms with E-state index in [4.69, 9.17) is 0 Å². The summed E-state index contributed by atoms with van der Waals surface area (Å²) in [6.07, 6.45) is 6.07. The van der Waals surface area contributed by atoms with Crippen molar-refractivity contribution in [1.82, 2.24) is 5.32 Å². The first-order valence-electron chi connectivity index (χ1n) is 4.94. The van der Waals surface area contributed by atoms with E-state index in [1.807, 2.05) is 0 Å². The molecule has 0 aromatic carbocycles. The summed E-state index contributed by atoms with van der Waals surface area (Å²) in [6.45, 7) is 2.22. The largest absolute Gasteiger partial charge is 0.469 e. The summed E-state index contributed by atoms with van der Waals surface area (Å²) in [5.74, 6) is 0.594. The fourth-order valence-corrected chi connectivity index (χ4v) is 1.62. The first-order chi connectivity index (χ1) is 6.33. The van der Waals surface area contributed by atoms with Crippen LogP contribution in [0.25, 0.3) is 0 Å². The van der Waals surface area contributed by atoms with Gasteiger partial charge in [-0.2, -0.15) is 0 Å². The third-order valence-electron chi connectivity index (χ3n) is 2.46. The van der Waals surface area contributed by atoms with Crippen LogP contribution in [-0.2, 0) is 9.53 Å². The van der Waals surface area contributed by atoms with Gasteiger partial charge < -0.3 is 10.1 Å². The first kappa shape index (κ1) is 10.5. The van der Waals surface area contributed by atoms with Gasteiger partial charge in [0.2, 0.25) is 0 Å². The minimum atomic E-state index is -0.106. The number of methoxy groups -OCH3 is 1. The second-order valence-electron chi connectivity index (χ2n) is 3.44. The van der Waals surface area contributed by atoms with E-state index >= 15 is 0 Å². The fourth-order valence-electron chi connectivity index (χ4n) is 1.62. The molecule has 1 radical (unpaired) electrons. The van der Waals surface area contributed by atoms with Crippen LogP contribution in [-0.4, -0.2) is 26.2 Å². The zero-order valence-electron chi connectivity index (χ0n) is 8.21. The van der Waals surface area contributed by atoms with Crippen LogP contribution in [0.3, 0.4) is 0 Å². The second kappa shape index (κ2) is 5.97. The van der Waals surface area contributed by atoms with Gasteiger partial charge in [-0.3, -0.25) is 4.79 Å². The summed E-state index contributed by atoms with van der Waals surface area (Å²) in [6, 6.07) is 0. The molecule has 0 bridgehead atoms. The Bertz CT molecular complexity index is 153. The van der Waals surface area contributed by atoms with Crippen molar-refractivity contribution in [2.24, 2.45) is 5.92 Å². The molecule has 0 amide bonds. The van der Waals surface area contributed by atoms with Gasteiger partial charge in [0.1, 0.15) is 0 Å². The standard InChI is InChI=1S/C10H18NO2/c1-13-10(12)4-2-3-9-5-7-11-8-6-9/h3,9,11H,2,4-8H2,1H3. The van der Waals surface area contributed by atoms with E-state index < -0.39 is 0 Å². The first-order valence-corrected chi connectivity index (χ1v) is 4.94. The van der Waals surface area contributed by atoms with E-state index in [1.165, 1.54) is 20.0 Å². The number of carbonyl (C=O) groups excluding carboxylic acids is 1. The molecule has 1 fully saturated rings. The van der Waals surface area contributed by atoms with Crippen molar-refractivity contribution in [3.8, 4) is 0 Å². The molecule has 1 aliphatic heterocycles. The Morgan fingerprint density at radius 3 is 2.85 bits per heavy atom. The summed E-state index contributed by atoms with van der Waals surface area (Å²) in [5, 5.41) is 3.31. The minimum absolute atomic E-state index is 0.106. The van der Waals surface area contributed by atoms with Crippen molar-refractivity contribution in [1.29, 1.82) is 0 Å². The molecule has 3 nitrogen and oxygen atoms in total. The van der Waals surface area contributed by atoms with Crippen molar-refractivity contribution in [2.75, 3.05) is 20.2 Å². The Labute approximate surface area is 79.8 Å². The van der Waals surface area contributed by atoms with Gasteiger partial charge in [-0.25, -0.2) is 0 Å². The number of rotatable bonds is 4. The van der Waals surface area contributed by atoms with Gasteiger partial charge in [0.15, 0.2) is 0 Å². The number of esters is 1. The zero-order valence-corrected chi connectivity index (χ0v) is 8.21. The number of carbonyl (C=O) groups is 1. The number of ether oxygens (including phenoxy) is 1. The molecule has 1 aliphatic rings. The molecule has 0 atom stereocenters. The van der Waals surface area contributed by atoms with Gasteiger partial charge in [0.25, 0.3) is 0 Å². The number of hydrogen-bond acceptors (Lipinski definition) is 3. The highest BCUT2D eigenvalue weighted by molar-refractivity contribution is 5.69. The minimum Gasteiger partial charge on any atom is -0.469 e. The molecular weight excluding hydrogens is 166 g/mol. The maximum Gasteiger partial charge on any atom is 0.305 e. The molecule has 0 saturated carbocycles. The highest BCUT2D eigenvalue weighted by Gasteiger charge is 2.13. The van der Waals surface area contributed by atoms with E-state index in [1.54, 1.807) is 0 Å². The van der Waals surface area contributed by atoms with Crippen LogP contribution < -0.4 is 5.32 Å². The lowest BCUT2D eigenvalue weighted by molar-refractivity contribution is -0.140. The predicted molar refractivity (Wildman–Crippen MR) is 51.1 cm³/mol. The average molecular weight is 184 g/mol. The number of hydrogen-bond donors (Lipinski definition) is 1. The van der Waals surface area contributed by atoms with Crippen molar-refractivity contribution >= 4 is 5.97 Å². The highest BCUT2D eigenvalue weighted by Crippen LogP contribution is 2.17. The Hall–Kier alpha value is -0.570. The van der Waals surface area contributed by atoms with Crippen LogP contribution in [0.1, 0.15) is 25.7 Å². The van der Waals surface area contributed by atoms with Gasteiger partial charge in [0.05, 0.1) is 7.11 Å². The zero-order chi connectivity index (χ0) is 9.52. The topological polar surface area (TPSA) is 38.3 Å². The van der Waals surface area contributed by atoms with E-state index in [9.17, 15) is 4.79 Å². The molecule has 1 heterocycles. The molecule has 0 aromatic rings. The van der Waals surface area contributed by atoms with Gasteiger partial charge in [0, 0.05) is 6.42 Å². The van der Waals surface area contributed by atoms with Crippen LogP contribution in [0.5, 0.6) is 0 Å². The van der Waals surface area contributed by atoms with Crippen molar-refractivity contribution < 1.29 is 9.53 Å². The third kappa shape index (κ3) is 4.27.